The Morgan fingerprint density at radius 1 is 1.16 bits per heavy atom. The molecule has 7 heteroatoms. The number of aliphatic hydroxyl groups is 1. The highest BCUT2D eigenvalue weighted by Gasteiger charge is 2.14. The molecule has 0 bridgehead atoms. The van der Waals surface area contributed by atoms with Gasteiger partial charge in [-0.25, -0.2) is 0 Å². The molecular weight excluding hydrogens is 246 g/mol. The first-order chi connectivity index (χ1) is 9.10. The minimum atomic E-state index is 0.0522. The summed E-state index contributed by atoms with van der Waals surface area (Å²) >= 11 is 0. The first-order valence-corrected chi connectivity index (χ1v) is 6.60. The lowest BCUT2D eigenvalue weighted by atomic mass is 10.1. The van der Waals surface area contributed by atoms with Crippen molar-refractivity contribution in [1.29, 1.82) is 0 Å². The number of anilines is 2. The topological polar surface area (TPSA) is 92.2 Å². The van der Waals surface area contributed by atoms with Crippen molar-refractivity contribution < 1.29 is 9.84 Å². The number of hydrogen-bond donors (Lipinski definition) is 3. The van der Waals surface area contributed by atoms with Crippen molar-refractivity contribution in [1.82, 2.24) is 15.0 Å². The molecule has 0 aliphatic carbocycles. The van der Waals surface area contributed by atoms with Crippen LogP contribution in [0.5, 0.6) is 6.01 Å². The second-order valence-electron chi connectivity index (χ2n) is 4.32. The molecule has 108 valence electrons. The molecule has 1 rings (SSSR count). The SMILES string of the molecule is CCNc1nc(NC(C)C(C)CO)nc(OCC)n1. The Balaban J connectivity index is 2.85. The average Bonchev–Trinajstić information content (AvgIpc) is 2.38. The van der Waals surface area contributed by atoms with Crippen LogP contribution in [0, 0.1) is 5.92 Å². The van der Waals surface area contributed by atoms with Gasteiger partial charge in [-0.05, 0) is 26.7 Å². The van der Waals surface area contributed by atoms with Gasteiger partial charge in [0.05, 0.1) is 6.61 Å². The summed E-state index contributed by atoms with van der Waals surface area (Å²) in [4.78, 5) is 12.6. The monoisotopic (exact) mass is 269 g/mol. The van der Waals surface area contributed by atoms with E-state index in [1.54, 1.807) is 0 Å². The van der Waals surface area contributed by atoms with Gasteiger partial charge < -0.3 is 20.5 Å². The first-order valence-electron chi connectivity index (χ1n) is 6.60. The number of hydrogen-bond acceptors (Lipinski definition) is 7. The minimum absolute atomic E-state index is 0.0522. The van der Waals surface area contributed by atoms with Crippen LogP contribution in [0.4, 0.5) is 11.9 Å². The van der Waals surface area contributed by atoms with Gasteiger partial charge in [0.15, 0.2) is 0 Å². The smallest absolute Gasteiger partial charge is 0.323 e. The highest BCUT2D eigenvalue weighted by atomic mass is 16.5. The van der Waals surface area contributed by atoms with Gasteiger partial charge in [-0.2, -0.15) is 15.0 Å². The number of nitrogens with zero attached hydrogens (tertiary/aromatic N) is 3. The molecule has 1 heterocycles. The maximum Gasteiger partial charge on any atom is 0.323 e. The van der Waals surface area contributed by atoms with Crippen LogP contribution in [0.2, 0.25) is 0 Å². The maximum atomic E-state index is 9.13. The largest absolute Gasteiger partial charge is 0.464 e. The van der Waals surface area contributed by atoms with E-state index in [-0.39, 0.29) is 18.6 Å². The van der Waals surface area contributed by atoms with E-state index >= 15 is 0 Å². The minimum Gasteiger partial charge on any atom is -0.464 e. The summed E-state index contributed by atoms with van der Waals surface area (Å²) in [6, 6.07) is 0.344. The molecule has 0 radical (unpaired) electrons. The zero-order chi connectivity index (χ0) is 14.3. The molecule has 0 saturated heterocycles. The van der Waals surface area contributed by atoms with Gasteiger partial charge >= 0.3 is 6.01 Å². The fourth-order valence-electron chi connectivity index (χ4n) is 1.36. The standard InChI is InChI=1S/C12H23N5O2/c1-5-13-10-15-11(14-9(4)8(3)7-18)17-12(16-10)19-6-2/h8-9,18H,5-7H2,1-4H3,(H2,13,14,15,16,17). The van der Waals surface area contributed by atoms with E-state index in [1.807, 2.05) is 27.7 Å². The van der Waals surface area contributed by atoms with Crippen LogP contribution in [0.25, 0.3) is 0 Å². The van der Waals surface area contributed by atoms with Crippen molar-refractivity contribution >= 4 is 11.9 Å². The Labute approximate surface area is 113 Å². The molecule has 3 N–H and O–H groups in total. The molecular formula is C12H23N5O2. The summed E-state index contributed by atoms with van der Waals surface area (Å²) < 4.78 is 5.31. The fraction of sp³-hybridized carbons (Fsp3) is 0.750. The second-order valence-corrected chi connectivity index (χ2v) is 4.32. The highest BCUT2D eigenvalue weighted by Crippen LogP contribution is 2.14. The summed E-state index contributed by atoms with van der Waals surface area (Å²) in [5.41, 5.74) is 0. The van der Waals surface area contributed by atoms with Crippen molar-refractivity contribution in [2.24, 2.45) is 5.92 Å². The van der Waals surface area contributed by atoms with Crippen LogP contribution in [-0.4, -0.2) is 45.9 Å². The second kappa shape index (κ2) is 7.73. The predicted octanol–water partition coefficient (Wildman–Crippen LogP) is 1.13. The molecule has 0 aromatic carbocycles. The summed E-state index contributed by atoms with van der Waals surface area (Å²) in [5.74, 6) is 1.03. The van der Waals surface area contributed by atoms with Crippen LogP contribution in [0.3, 0.4) is 0 Å². The Kier molecular flexibility index (Phi) is 6.27. The lowest BCUT2D eigenvalue weighted by Gasteiger charge is -2.19. The van der Waals surface area contributed by atoms with Crippen LogP contribution >= 0.6 is 0 Å². The summed E-state index contributed by atoms with van der Waals surface area (Å²) in [7, 11) is 0. The van der Waals surface area contributed by atoms with Gasteiger partial charge in [0.1, 0.15) is 0 Å². The number of aromatic nitrogens is 3. The van der Waals surface area contributed by atoms with E-state index < -0.39 is 0 Å². The Hall–Kier alpha value is -1.63. The van der Waals surface area contributed by atoms with Gasteiger partial charge in [0, 0.05) is 19.2 Å². The molecule has 0 amide bonds. The molecule has 2 atom stereocenters. The molecule has 0 aliphatic heterocycles. The summed E-state index contributed by atoms with van der Waals surface area (Å²) in [6.07, 6.45) is 0. The highest BCUT2D eigenvalue weighted by molar-refractivity contribution is 5.36. The van der Waals surface area contributed by atoms with Crippen LogP contribution in [0.1, 0.15) is 27.7 Å². The predicted molar refractivity (Wildman–Crippen MR) is 74.5 cm³/mol. The van der Waals surface area contributed by atoms with Gasteiger partial charge in [-0.3, -0.25) is 0 Å². The van der Waals surface area contributed by atoms with E-state index in [9.17, 15) is 0 Å². The van der Waals surface area contributed by atoms with E-state index in [2.05, 4.69) is 25.6 Å². The zero-order valence-electron chi connectivity index (χ0n) is 12.0. The van der Waals surface area contributed by atoms with Crippen LogP contribution in [-0.2, 0) is 0 Å². The van der Waals surface area contributed by atoms with Gasteiger partial charge in [-0.15, -0.1) is 0 Å². The summed E-state index contributed by atoms with van der Waals surface area (Å²) in [5, 5.41) is 15.3. The quantitative estimate of drug-likeness (QED) is 0.651. The third-order valence-corrected chi connectivity index (χ3v) is 2.72. The van der Waals surface area contributed by atoms with Crippen molar-refractivity contribution in [3.63, 3.8) is 0 Å². The molecule has 1 aromatic rings. The number of nitrogens with one attached hydrogen (secondary N) is 2. The third kappa shape index (κ3) is 4.86. The van der Waals surface area contributed by atoms with E-state index in [0.717, 1.165) is 6.54 Å². The van der Waals surface area contributed by atoms with Crippen molar-refractivity contribution in [3.8, 4) is 6.01 Å². The van der Waals surface area contributed by atoms with Crippen molar-refractivity contribution in [3.05, 3.63) is 0 Å². The van der Waals surface area contributed by atoms with E-state index in [4.69, 9.17) is 9.84 Å². The number of rotatable bonds is 8. The van der Waals surface area contributed by atoms with E-state index in [1.165, 1.54) is 0 Å². The van der Waals surface area contributed by atoms with Crippen molar-refractivity contribution in [2.45, 2.75) is 33.7 Å². The molecule has 7 nitrogen and oxygen atoms in total. The molecule has 0 aliphatic rings. The van der Waals surface area contributed by atoms with Crippen molar-refractivity contribution in [2.75, 3.05) is 30.4 Å². The zero-order valence-corrected chi connectivity index (χ0v) is 12.0. The summed E-state index contributed by atoms with van der Waals surface area (Å²) in [6.45, 7) is 9.09. The molecule has 0 saturated carbocycles. The molecule has 19 heavy (non-hydrogen) atoms. The number of aliphatic hydroxyl groups excluding tert-OH is 1. The fourth-order valence-corrected chi connectivity index (χ4v) is 1.36. The lowest BCUT2D eigenvalue weighted by molar-refractivity contribution is 0.226. The van der Waals surface area contributed by atoms with Gasteiger partial charge in [0.2, 0.25) is 11.9 Å². The lowest BCUT2D eigenvalue weighted by Crippen LogP contribution is -2.27. The van der Waals surface area contributed by atoms with Gasteiger partial charge in [0.25, 0.3) is 0 Å². The number of ether oxygens (including phenoxy) is 1. The molecule has 2 unspecified atom stereocenters. The first kappa shape index (κ1) is 15.4. The normalized spacial score (nSPS) is 13.7. The Bertz CT molecular complexity index is 364. The maximum absolute atomic E-state index is 9.13. The van der Waals surface area contributed by atoms with Gasteiger partial charge in [-0.1, -0.05) is 6.92 Å². The molecule has 0 fully saturated rings. The Morgan fingerprint density at radius 2 is 1.84 bits per heavy atom. The van der Waals surface area contributed by atoms with Crippen LogP contribution in [0.15, 0.2) is 0 Å². The molecule has 1 aromatic heterocycles. The Morgan fingerprint density at radius 3 is 2.42 bits per heavy atom. The average molecular weight is 269 g/mol. The third-order valence-electron chi connectivity index (χ3n) is 2.72. The van der Waals surface area contributed by atoms with E-state index in [0.29, 0.717) is 24.5 Å². The molecule has 0 spiro atoms. The van der Waals surface area contributed by atoms with Crippen LogP contribution < -0.4 is 15.4 Å².